The number of piperidine rings is 1. The molecule has 2 aromatic rings. The second-order valence-corrected chi connectivity index (χ2v) is 9.28. The van der Waals surface area contributed by atoms with E-state index in [0.29, 0.717) is 6.54 Å². The number of hydrogen-bond acceptors (Lipinski definition) is 6. The molecule has 1 aromatic heterocycles. The summed E-state index contributed by atoms with van der Waals surface area (Å²) in [5.41, 5.74) is 2.83. The van der Waals surface area contributed by atoms with Gasteiger partial charge in [-0.05, 0) is 69.0 Å². The highest BCUT2D eigenvalue weighted by Gasteiger charge is 2.15. The fraction of sp³-hybridized carbons (Fsp3) is 0.577. The number of benzene rings is 1. The lowest BCUT2D eigenvalue weighted by molar-refractivity contribution is -0.124. The Morgan fingerprint density at radius 1 is 1.00 bits per heavy atom. The first-order valence-corrected chi connectivity index (χ1v) is 12.6. The van der Waals surface area contributed by atoms with Crippen LogP contribution in [0.5, 0.6) is 0 Å². The average Bonchev–Trinajstić information content (AvgIpc) is 2.87. The van der Waals surface area contributed by atoms with Crippen LogP contribution >= 0.6 is 0 Å². The molecule has 0 unspecified atom stereocenters. The van der Waals surface area contributed by atoms with Gasteiger partial charge in [0.05, 0.1) is 18.7 Å². The zero-order chi connectivity index (χ0) is 23.8. The standard InChI is InChI=1S/C26H37N5O3/c1-20-18-24(31-12-3-2-4-13-31)29-23-7-6-21(19-22(20)23)28-26(33)9-8-25(32)27-10-5-11-30-14-16-34-17-15-30/h6-7,18-19H,2-5,8-17H2,1H3,(H,27,32)(H,28,33). The van der Waals surface area contributed by atoms with Gasteiger partial charge in [0.1, 0.15) is 5.82 Å². The molecule has 2 amide bonds. The van der Waals surface area contributed by atoms with Crippen molar-refractivity contribution in [3.8, 4) is 0 Å². The average molecular weight is 468 g/mol. The maximum Gasteiger partial charge on any atom is 0.224 e. The highest BCUT2D eigenvalue weighted by molar-refractivity contribution is 5.96. The van der Waals surface area contributed by atoms with E-state index in [4.69, 9.17) is 9.72 Å². The summed E-state index contributed by atoms with van der Waals surface area (Å²) in [4.78, 5) is 34.1. The molecule has 2 aliphatic heterocycles. The van der Waals surface area contributed by atoms with E-state index < -0.39 is 0 Å². The molecule has 0 atom stereocenters. The number of anilines is 2. The van der Waals surface area contributed by atoms with Crippen molar-refractivity contribution in [2.24, 2.45) is 0 Å². The lowest BCUT2D eigenvalue weighted by Gasteiger charge is -2.28. The molecular weight excluding hydrogens is 430 g/mol. The van der Waals surface area contributed by atoms with Gasteiger partial charge in [0.25, 0.3) is 0 Å². The molecule has 2 fully saturated rings. The number of nitrogens with zero attached hydrogens (tertiary/aromatic N) is 3. The van der Waals surface area contributed by atoms with Crippen LogP contribution in [0.25, 0.3) is 10.9 Å². The van der Waals surface area contributed by atoms with Gasteiger partial charge in [-0.15, -0.1) is 0 Å². The van der Waals surface area contributed by atoms with E-state index >= 15 is 0 Å². The number of pyridine rings is 1. The Balaban J connectivity index is 1.22. The minimum absolute atomic E-state index is 0.0825. The molecule has 34 heavy (non-hydrogen) atoms. The lowest BCUT2D eigenvalue weighted by atomic mass is 10.1. The fourth-order valence-electron chi connectivity index (χ4n) is 4.63. The van der Waals surface area contributed by atoms with Crippen LogP contribution in [0.4, 0.5) is 11.5 Å². The monoisotopic (exact) mass is 467 g/mol. The largest absolute Gasteiger partial charge is 0.379 e. The van der Waals surface area contributed by atoms with Gasteiger partial charge in [0, 0.05) is 56.6 Å². The molecule has 0 radical (unpaired) electrons. The second kappa shape index (κ2) is 12.1. The molecule has 2 saturated heterocycles. The van der Waals surface area contributed by atoms with Gasteiger partial charge in [-0.3, -0.25) is 14.5 Å². The Morgan fingerprint density at radius 2 is 1.76 bits per heavy atom. The number of fused-ring (bicyclic) bond motifs is 1. The first-order chi connectivity index (χ1) is 16.6. The van der Waals surface area contributed by atoms with Crippen LogP contribution in [0.15, 0.2) is 24.3 Å². The molecule has 1 aromatic carbocycles. The number of hydrogen-bond donors (Lipinski definition) is 2. The zero-order valence-electron chi connectivity index (χ0n) is 20.3. The van der Waals surface area contributed by atoms with E-state index in [1.54, 1.807) is 0 Å². The third-order valence-electron chi connectivity index (χ3n) is 6.62. The van der Waals surface area contributed by atoms with Gasteiger partial charge in [0.2, 0.25) is 11.8 Å². The molecule has 0 saturated carbocycles. The fourth-order valence-corrected chi connectivity index (χ4v) is 4.63. The van der Waals surface area contributed by atoms with E-state index in [1.165, 1.54) is 19.3 Å². The molecule has 2 N–H and O–H groups in total. The van der Waals surface area contributed by atoms with E-state index in [-0.39, 0.29) is 24.7 Å². The Labute approximate surface area is 202 Å². The van der Waals surface area contributed by atoms with Crippen molar-refractivity contribution in [2.45, 2.75) is 45.4 Å². The van der Waals surface area contributed by atoms with Gasteiger partial charge < -0.3 is 20.3 Å². The second-order valence-electron chi connectivity index (χ2n) is 9.28. The molecule has 0 spiro atoms. The molecule has 184 valence electrons. The summed E-state index contributed by atoms with van der Waals surface area (Å²) in [6.07, 6.45) is 4.99. The Bertz CT molecular complexity index is 984. The molecule has 3 heterocycles. The molecule has 4 rings (SSSR count). The maximum absolute atomic E-state index is 12.4. The number of morpholine rings is 1. The first-order valence-electron chi connectivity index (χ1n) is 12.6. The minimum Gasteiger partial charge on any atom is -0.379 e. The summed E-state index contributed by atoms with van der Waals surface area (Å²) < 4.78 is 5.34. The molecule has 8 heteroatoms. The Morgan fingerprint density at radius 3 is 2.56 bits per heavy atom. The highest BCUT2D eigenvalue weighted by Crippen LogP contribution is 2.27. The smallest absolute Gasteiger partial charge is 0.224 e. The van der Waals surface area contributed by atoms with Gasteiger partial charge in [-0.2, -0.15) is 0 Å². The topological polar surface area (TPSA) is 86.8 Å². The summed E-state index contributed by atoms with van der Waals surface area (Å²) in [7, 11) is 0. The van der Waals surface area contributed by atoms with Crippen molar-refractivity contribution in [3.63, 3.8) is 0 Å². The van der Waals surface area contributed by atoms with Crippen LogP contribution < -0.4 is 15.5 Å². The van der Waals surface area contributed by atoms with Gasteiger partial charge in [-0.1, -0.05) is 0 Å². The zero-order valence-corrected chi connectivity index (χ0v) is 20.3. The third kappa shape index (κ3) is 6.90. The number of ether oxygens (including phenoxy) is 1. The number of aromatic nitrogens is 1. The summed E-state index contributed by atoms with van der Waals surface area (Å²) >= 11 is 0. The van der Waals surface area contributed by atoms with Crippen LogP contribution in [0.2, 0.25) is 0 Å². The number of nitrogens with one attached hydrogen (secondary N) is 2. The van der Waals surface area contributed by atoms with Crippen molar-refractivity contribution < 1.29 is 14.3 Å². The summed E-state index contributed by atoms with van der Waals surface area (Å²) in [6, 6.07) is 7.97. The number of carbonyl (C=O) groups is 2. The molecule has 0 aliphatic carbocycles. The highest BCUT2D eigenvalue weighted by atomic mass is 16.5. The maximum atomic E-state index is 12.4. The normalized spacial score (nSPS) is 17.0. The van der Waals surface area contributed by atoms with Crippen LogP contribution in [-0.2, 0) is 14.3 Å². The first kappa shape index (κ1) is 24.4. The van der Waals surface area contributed by atoms with Crippen LogP contribution in [0.3, 0.4) is 0 Å². The van der Waals surface area contributed by atoms with E-state index in [1.807, 2.05) is 18.2 Å². The summed E-state index contributed by atoms with van der Waals surface area (Å²) in [6.45, 7) is 9.29. The predicted molar refractivity (Wildman–Crippen MR) is 135 cm³/mol. The van der Waals surface area contributed by atoms with Crippen molar-refractivity contribution in [2.75, 3.05) is 62.7 Å². The summed E-state index contributed by atoms with van der Waals surface area (Å²) in [5, 5.41) is 6.88. The SMILES string of the molecule is Cc1cc(N2CCCCC2)nc2ccc(NC(=O)CCC(=O)NCCCN3CCOCC3)cc12. The van der Waals surface area contributed by atoms with Gasteiger partial charge in [-0.25, -0.2) is 4.98 Å². The van der Waals surface area contributed by atoms with Crippen molar-refractivity contribution in [1.29, 1.82) is 0 Å². The van der Waals surface area contributed by atoms with Crippen LogP contribution in [-0.4, -0.2) is 74.2 Å². The van der Waals surface area contributed by atoms with Crippen LogP contribution in [0.1, 0.15) is 44.1 Å². The van der Waals surface area contributed by atoms with Gasteiger partial charge >= 0.3 is 0 Å². The third-order valence-corrected chi connectivity index (χ3v) is 6.62. The molecule has 2 aliphatic rings. The number of amides is 2. The van der Waals surface area contributed by atoms with Crippen molar-refractivity contribution >= 4 is 34.2 Å². The molecule has 0 bridgehead atoms. The molecule has 8 nitrogen and oxygen atoms in total. The number of carbonyl (C=O) groups excluding carboxylic acids is 2. The quantitative estimate of drug-likeness (QED) is 0.551. The van der Waals surface area contributed by atoms with Crippen molar-refractivity contribution in [3.05, 3.63) is 29.8 Å². The van der Waals surface area contributed by atoms with Crippen LogP contribution in [0, 0.1) is 6.92 Å². The van der Waals surface area contributed by atoms with E-state index in [9.17, 15) is 9.59 Å². The van der Waals surface area contributed by atoms with Gasteiger partial charge in [0.15, 0.2) is 0 Å². The van der Waals surface area contributed by atoms with E-state index in [2.05, 4.69) is 33.4 Å². The number of aryl methyl sites for hydroxylation is 1. The lowest BCUT2D eigenvalue weighted by Crippen LogP contribution is -2.38. The molecular formula is C26H37N5O3. The Hall–Kier alpha value is -2.71. The summed E-state index contributed by atoms with van der Waals surface area (Å²) in [5.74, 6) is 0.803. The van der Waals surface area contributed by atoms with E-state index in [0.717, 1.165) is 80.3 Å². The van der Waals surface area contributed by atoms with Crippen molar-refractivity contribution in [1.82, 2.24) is 15.2 Å². The minimum atomic E-state index is -0.154. The Kier molecular flexibility index (Phi) is 8.71. The predicted octanol–water partition coefficient (Wildman–Crippen LogP) is 3.09. The number of rotatable bonds is 9.